The largest absolute Gasteiger partial charge is 0.399 e. The maximum atomic E-state index is 5.91. The van der Waals surface area contributed by atoms with Crippen molar-refractivity contribution < 1.29 is 0 Å². The summed E-state index contributed by atoms with van der Waals surface area (Å²) in [5.41, 5.74) is 11.2. The Hall–Kier alpha value is -1.81. The van der Waals surface area contributed by atoms with Gasteiger partial charge in [-0.1, -0.05) is 22.0 Å². The molecule has 0 aliphatic heterocycles. The topological polar surface area (TPSA) is 43.8 Å². The van der Waals surface area contributed by atoms with E-state index in [-0.39, 0.29) is 0 Å². The first kappa shape index (κ1) is 12.9. The highest BCUT2D eigenvalue weighted by Crippen LogP contribution is 2.42. The Bertz CT molecular complexity index is 847. The van der Waals surface area contributed by atoms with E-state index in [0.29, 0.717) is 5.92 Å². The van der Waals surface area contributed by atoms with Gasteiger partial charge in [-0.3, -0.25) is 4.57 Å². The zero-order valence-electron chi connectivity index (χ0n) is 11.8. The Labute approximate surface area is 131 Å². The second-order valence-corrected chi connectivity index (χ2v) is 6.67. The molecule has 2 aromatic carbocycles. The van der Waals surface area contributed by atoms with E-state index >= 15 is 0 Å². The summed E-state index contributed by atoms with van der Waals surface area (Å²) < 4.78 is 3.38. The molecular formula is C17H16BrN3. The van der Waals surface area contributed by atoms with Crippen LogP contribution in [0.3, 0.4) is 0 Å². The van der Waals surface area contributed by atoms with Crippen LogP contribution in [0.4, 0.5) is 5.69 Å². The van der Waals surface area contributed by atoms with Gasteiger partial charge in [-0.15, -0.1) is 0 Å². The molecule has 2 N–H and O–H groups in total. The van der Waals surface area contributed by atoms with Crippen LogP contribution in [0, 0.1) is 6.92 Å². The van der Waals surface area contributed by atoms with Gasteiger partial charge < -0.3 is 5.73 Å². The minimum atomic E-state index is 0.581. The van der Waals surface area contributed by atoms with E-state index in [9.17, 15) is 0 Å². The average Bonchev–Trinajstić information content (AvgIpc) is 3.23. The molecule has 1 saturated carbocycles. The summed E-state index contributed by atoms with van der Waals surface area (Å²) in [4.78, 5) is 4.85. The molecule has 21 heavy (non-hydrogen) atoms. The molecule has 0 saturated heterocycles. The van der Waals surface area contributed by atoms with Crippen LogP contribution in [-0.4, -0.2) is 9.55 Å². The van der Waals surface area contributed by atoms with E-state index in [4.69, 9.17) is 10.7 Å². The summed E-state index contributed by atoms with van der Waals surface area (Å²) in [6, 6.07) is 12.4. The number of hydrogen-bond donors (Lipinski definition) is 1. The molecule has 0 unspecified atom stereocenters. The minimum Gasteiger partial charge on any atom is -0.399 e. The van der Waals surface area contributed by atoms with Crippen molar-refractivity contribution in [3.8, 4) is 5.69 Å². The molecule has 106 valence electrons. The highest BCUT2D eigenvalue weighted by molar-refractivity contribution is 9.10. The van der Waals surface area contributed by atoms with E-state index in [2.05, 4.69) is 51.7 Å². The zero-order chi connectivity index (χ0) is 14.6. The third-order valence-electron chi connectivity index (χ3n) is 4.06. The summed E-state index contributed by atoms with van der Waals surface area (Å²) >= 11 is 3.58. The van der Waals surface area contributed by atoms with Crippen molar-refractivity contribution in [3.05, 3.63) is 52.3 Å². The Morgan fingerprint density at radius 1 is 1.19 bits per heavy atom. The maximum Gasteiger partial charge on any atom is 0.117 e. The lowest BCUT2D eigenvalue weighted by atomic mass is 10.2. The van der Waals surface area contributed by atoms with Gasteiger partial charge in [-0.25, -0.2) is 4.98 Å². The van der Waals surface area contributed by atoms with Gasteiger partial charge in [-0.05, 0) is 55.7 Å². The average molecular weight is 342 g/mol. The van der Waals surface area contributed by atoms with Crippen molar-refractivity contribution in [3.63, 3.8) is 0 Å². The molecule has 3 aromatic rings. The van der Waals surface area contributed by atoms with E-state index < -0.39 is 0 Å². The van der Waals surface area contributed by atoms with Crippen LogP contribution < -0.4 is 5.73 Å². The van der Waals surface area contributed by atoms with Crippen molar-refractivity contribution in [2.45, 2.75) is 25.7 Å². The fourth-order valence-corrected chi connectivity index (χ4v) is 3.16. The van der Waals surface area contributed by atoms with E-state index in [1.54, 1.807) is 0 Å². The fourth-order valence-electron chi connectivity index (χ4n) is 2.81. The summed E-state index contributed by atoms with van der Waals surface area (Å²) in [6.45, 7) is 2.14. The lowest BCUT2D eigenvalue weighted by molar-refractivity contribution is 0.891. The van der Waals surface area contributed by atoms with Crippen molar-refractivity contribution in [2.75, 3.05) is 5.73 Å². The number of aryl methyl sites for hydroxylation is 1. The number of fused-ring (bicyclic) bond motifs is 1. The Morgan fingerprint density at radius 2 is 2.00 bits per heavy atom. The monoisotopic (exact) mass is 341 g/mol. The first-order valence-electron chi connectivity index (χ1n) is 7.18. The summed E-state index contributed by atoms with van der Waals surface area (Å²) in [5.74, 6) is 1.74. The van der Waals surface area contributed by atoms with Crippen LogP contribution in [-0.2, 0) is 0 Å². The molecule has 0 bridgehead atoms. The van der Waals surface area contributed by atoms with Crippen molar-refractivity contribution in [1.29, 1.82) is 0 Å². The first-order chi connectivity index (χ1) is 10.1. The second kappa shape index (κ2) is 4.60. The third-order valence-corrected chi connectivity index (χ3v) is 4.55. The maximum absolute atomic E-state index is 5.91. The van der Waals surface area contributed by atoms with E-state index in [1.807, 2.05) is 12.1 Å². The molecule has 1 heterocycles. The summed E-state index contributed by atoms with van der Waals surface area (Å²) in [6.07, 6.45) is 2.46. The van der Waals surface area contributed by atoms with E-state index in [0.717, 1.165) is 27.0 Å². The quantitative estimate of drug-likeness (QED) is 0.694. The van der Waals surface area contributed by atoms with E-state index in [1.165, 1.54) is 24.1 Å². The highest BCUT2D eigenvalue weighted by atomic mass is 79.9. The molecule has 3 nitrogen and oxygen atoms in total. The van der Waals surface area contributed by atoms with Crippen molar-refractivity contribution in [1.82, 2.24) is 9.55 Å². The Kier molecular flexibility index (Phi) is 2.82. The van der Waals surface area contributed by atoms with Gasteiger partial charge in [0, 0.05) is 16.1 Å². The molecule has 1 aromatic heterocycles. The first-order valence-corrected chi connectivity index (χ1v) is 7.97. The molecule has 0 spiro atoms. The number of hydrogen-bond acceptors (Lipinski definition) is 2. The van der Waals surface area contributed by atoms with Gasteiger partial charge in [0.15, 0.2) is 0 Å². The predicted molar refractivity (Wildman–Crippen MR) is 89.9 cm³/mol. The minimum absolute atomic E-state index is 0.581. The van der Waals surface area contributed by atoms with Crippen LogP contribution in [0.1, 0.15) is 30.1 Å². The second-order valence-electron chi connectivity index (χ2n) is 5.76. The lowest BCUT2D eigenvalue weighted by Gasteiger charge is -2.12. The number of imidazole rings is 1. The number of halogens is 1. The molecule has 0 radical (unpaired) electrons. The molecule has 4 heteroatoms. The van der Waals surface area contributed by atoms with Crippen LogP contribution in [0.15, 0.2) is 40.9 Å². The summed E-state index contributed by atoms with van der Waals surface area (Å²) in [7, 11) is 0. The van der Waals surface area contributed by atoms with Gasteiger partial charge in [0.1, 0.15) is 5.82 Å². The molecule has 0 atom stereocenters. The number of benzene rings is 2. The molecular weight excluding hydrogens is 326 g/mol. The van der Waals surface area contributed by atoms with Gasteiger partial charge in [0.2, 0.25) is 0 Å². The molecule has 1 fully saturated rings. The Balaban J connectivity index is 2.06. The van der Waals surface area contributed by atoms with Crippen LogP contribution in [0.2, 0.25) is 0 Å². The fraction of sp³-hybridized carbons (Fsp3) is 0.235. The Morgan fingerprint density at radius 3 is 2.76 bits per heavy atom. The van der Waals surface area contributed by atoms with Gasteiger partial charge in [0.25, 0.3) is 0 Å². The van der Waals surface area contributed by atoms with Crippen LogP contribution >= 0.6 is 15.9 Å². The number of anilines is 1. The lowest BCUT2D eigenvalue weighted by Crippen LogP contribution is -2.02. The standard InChI is InChI=1S/C17H16BrN3/c1-10-2-5-12(18)8-16(10)21-15-7-6-13(19)9-14(15)20-17(21)11-3-4-11/h2,5-9,11H,3-4,19H2,1H3. The molecule has 4 rings (SSSR count). The predicted octanol–water partition coefficient (Wildman–Crippen LogP) is 4.56. The number of nitrogens with zero attached hydrogens (tertiary/aromatic N) is 2. The summed E-state index contributed by atoms with van der Waals surface area (Å²) in [5, 5.41) is 0. The molecule has 1 aliphatic carbocycles. The molecule has 0 amide bonds. The number of nitrogen functional groups attached to an aromatic ring is 1. The van der Waals surface area contributed by atoms with Gasteiger partial charge in [-0.2, -0.15) is 0 Å². The molecule has 1 aliphatic rings. The smallest absolute Gasteiger partial charge is 0.117 e. The van der Waals surface area contributed by atoms with Crippen molar-refractivity contribution >= 4 is 32.7 Å². The zero-order valence-corrected chi connectivity index (χ0v) is 13.4. The SMILES string of the molecule is Cc1ccc(Br)cc1-n1c(C2CC2)nc2cc(N)ccc21. The van der Waals surface area contributed by atoms with Crippen LogP contribution in [0.5, 0.6) is 0 Å². The number of nitrogens with two attached hydrogens (primary N) is 1. The van der Waals surface area contributed by atoms with Crippen LogP contribution in [0.25, 0.3) is 16.7 Å². The number of rotatable bonds is 2. The van der Waals surface area contributed by atoms with Gasteiger partial charge >= 0.3 is 0 Å². The highest BCUT2D eigenvalue weighted by Gasteiger charge is 2.30. The third kappa shape index (κ3) is 2.14. The normalized spacial score (nSPS) is 14.8. The van der Waals surface area contributed by atoms with Crippen molar-refractivity contribution in [2.24, 2.45) is 0 Å². The van der Waals surface area contributed by atoms with Gasteiger partial charge in [0.05, 0.1) is 16.7 Å². The number of aromatic nitrogens is 2.